The van der Waals surface area contributed by atoms with Gasteiger partial charge in [0.2, 0.25) is 5.91 Å². The summed E-state index contributed by atoms with van der Waals surface area (Å²) in [7, 11) is -3.70. The molecular weight excluding hydrogens is 307 g/mol. The molecule has 0 aliphatic heterocycles. The van der Waals surface area contributed by atoms with Crippen LogP contribution >= 0.6 is 0 Å². The molecule has 0 heterocycles. The highest BCUT2D eigenvalue weighted by Crippen LogP contribution is 2.22. The van der Waals surface area contributed by atoms with E-state index in [-0.39, 0.29) is 11.4 Å². The molecule has 0 bridgehead atoms. The van der Waals surface area contributed by atoms with Crippen molar-refractivity contribution >= 4 is 21.4 Å². The van der Waals surface area contributed by atoms with Gasteiger partial charge in [-0.15, -0.1) is 0 Å². The number of nitrogens with zero attached hydrogens (tertiary/aromatic N) is 1. The molecule has 0 saturated carbocycles. The number of amides is 1. The second-order valence-electron chi connectivity index (χ2n) is 4.52. The van der Waals surface area contributed by atoms with Gasteiger partial charge < -0.3 is 4.90 Å². The largest absolute Gasteiger partial charge is 0.406 e. The Bertz CT molecular complexity index is 570. The number of carbonyl (C=O) groups excluding carboxylic acids is 1. The molecule has 0 radical (unpaired) electrons. The van der Waals surface area contributed by atoms with Crippen LogP contribution in [0.4, 0.5) is 18.9 Å². The Kier molecular flexibility index (Phi) is 5.77. The van der Waals surface area contributed by atoms with Crippen molar-refractivity contribution in [2.75, 3.05) is 23.0 Å². The molecule has 0 fully saturated rings. The molecule has 0 atom stereocenters. The predicted octanol–water partition coefficient (Wildman–Crippen LogP) is 2.41. The minimum Gasteiger partial charge on any atom is -0.302 e. The summed E-state index contributed by atoms with van der Waals surface area (Å²) >= 11 is 0. The number of rotatable bonds is 6. The Hall–Kier alpha value is -1.57. The van der Waals surface area contributed by atoms with Crippen LogP contribution in [0.1, 0.15) is 13.3 Å². The average Bonchev–Trinajstić information content (AvgIpc) is 2.35. The van der Waals surface area contributed by atoms with Crippen molar-refractivity contribution in [3.8, 4) is 0 Å². The smallest absolute Gasteiger partial charge is 0.302 e. The number of sulfone groups is 1. The summed E-state index contributed by atoms with van der Waals surface area (Å²) in [6.07, 6.45) is -4.31. The number of halogens is 3. The molecule has 0 aromatic heterocycles. The van der Waals surface area contributed by atoms with Gasteiger partial charge in [-0.3, -0.25) is 4.79 Å². The fourth-order valence-electron chi connectivity index (χ4n) is 1.76. The minimum atomic E-state index is -4.61. The van der Waals surface area contributed by atoms with Gasteiger partial charge >= 0.3 is 6.18 Å². The van der Waals surface area contributed by atoms with Gasteiger partial charge in [0.05, 0.1) is 5.75 Å². The third-order valence-corrected chi connectivity index (χ3v) is 4.28. The maximum Gasteiger partial charge on any atom is 0.406 e. The second-order valence-corrected chi connectivity index (χ2v) is 6.71. The van der Waals surface area contributed by atoms with Crippen LogP contribution in [0.15, 0.2) is 30.3 Å². The van der Waals surface area contributed by atoms with E-state index in [0.29, 0.717) is 11.3 Å². The first-order chi connectivity index (χ1) is 9.64. The molecule has 0 aliphatic rings. The monoisotopic (exact) mass is 323 g/mol. The molecule has 1 aromatic carbocycles. The fourth-order valence-corrected chi connectivity index (χ4v) is 3.06. The van der Waals surface area contributed by atoms with E-state index >= 15 is 0 Å². The topological polar surface area (TPSA) is 54.5 Å². The van der Waals surface area contributed by atoms with E-state index < -0.39 is 34.2 Å². The molecule has 1 rings (SSSR count). The molecule has 1 aromatic rings. The maximum absolute atomic E-state index is 12.6. The van der Waals surface area contributed by atoms with Gasteiger partial charge in [0, 0.05) is 5.69 Å². The normalized spacial score (nSPS) is 12.2. The zero-order chi connectivity index (χ0) is 16.1. The van der Waals surface area contributed by atoms with E-state index in [1.54, 1.807) is 13.0 Å². The molecule has 4 nitrogen and oxygen atoms in total. The van der Waals surface area contributed by atoms with Crippen molar-refractivity contribution in [1.29, 1.82) is 0 Å². The van der Waals surface area contributed by atoms with Crippen LogP contribution in [0.2, 0.25) is 0 Å². The van der Waals surface area contributed by atoms with Crippen molar-refractivity contribution in [3.05, 3.63) is 30.3 Å². The number of benzene rings is 1. The quantitative estimate of drug-likeness (QED) is 0.808. The summed E-state index contributed by atoms with van der Waals surface area (Å²) in [6, 6.07) is 7.21. The van der Waals surface area contributed by atoms with Crippen molar-refractivity contribution in [3.63, 3.8) is 0 Å². The molecule has 8 heteroatoms. The van der Waals surface area contributed by atoms with E-state index in [1.807, 2.05) is 0 Å². The predicted molar refractivity (Wildman–Crippen MR) is 73.8 cm³/mol. The maximum atomic E-state index is 12.6. The lowest BCUT2D eigenvalue weighted by Crippen LogP contribution is -2.42. The van der Waals surface area contributed by atoms with Gasteiger partial charge in [-0.2, -0.15) is 13.2 Å². The van der Waals surface area contributed by atoms with E-state index in [4.69, 9.17) is 0 Å². The Morgan fingerprint density at radius 3 is 2.24 bits per heavy atom. The van der Waals surface area contributed by atoms with E-state index in [0.717, 1.165) is 0 Å². The molecule has 0 saturated heterocycles. The molecule has 0 N–H and O–H groups in total. The summed E-state index contributed by atoms with van der Waals surface area (Å²) in [5, 5.41) is 0. The number of hydrogen-bond donors (Lipinski definition) is 0. The zero-order valence-corrected chi connectivity index (χ0v) is 12.2. The third kappa shape index (κ3) is 6.16. The highest BCUT2D eigenvalue weighted by Gasteiger charge is 2.34. The molecule has 118 valence electrons. The standard InChI is InChI=1S/C13H16F3NO3S/c1-2-8-21(19,20)9-12(18)17(10-13(14,15)16)11-6-4-3-5-7-11/h3-7H,2,8-10H2,1H3. The van der Waals surface area contributed by atoms with Crippen LogP contribution in [0.5, 0.6) is 0 Å². The summed E-state index contributed by atoms with van der Waals surface area (Å²) in [4.78, 5) is 12.4. The Balaban J connectivity index is 3.00. The van der Waals surface area contributed by atoms with Gasteiger partial charge in [-0.05, 0) is 18.6 Å². The molecule has 21 heavy (non-hydrogen) atoms. The van der Waals surface area contributed by atoms with Crippen molar-refractivity contribution in [1.82, 2.24) is 0 Å². The number of para-hydroxylation sites is 1. The highest BCUT2D eigenvalue weighted by molar-refractivity contribution is 7.92. The minimum absolute atomic E-state index is 0.0199. The van der Waals surface area contributed by atoms with Gasteiger partial charge in [0.15, 0.2) is 9.84 Å². The molecular formula is C13H16F3NO3S. The first-order valence-electron chi connectivity index (χ1n) is 6.27. The second kappa shape index (κ2) is 6.93. The Labute approximate surface area is 121 Å². The molecule has 1 amide bonds. The van der Waals surface area contributed by atoms with E-state index in [1.165, 1.54) is 24.3 Å². The van der Waals surface area contributed by atoms with Crippen molar-refractivity contribution in [2.45, 2.75) is 19.5 Å². The molecule has 0 aliphatic carbocycles. The first kappa shape index (κ1) is 17.5. The summed E-state index contributed by atoms with van der Waals surface area (Å²) in [5.41, 5.74) is 0.0199. The van der Waals surface area contributed by atoms with Crippen LogP contribution in [0.3, 0.4) is 0 Å². The van der Waals surface area contributed by atoms with E-state index in [2.05, 4.69) is 0 Å². The van der Waals surface area contributed by atoms with Crippen LogP contribution in [-0.4, -0.2) is 38.6 Å². The summed E-state index contributed by atoms with van der Waals surface area (Å²) in [5.74, 6) is -2.23. The number of anilines is 1. The number of hydrogen-bond acceptors (Lipinski definition) is 3. The lowest BCUT2D eigenvalue weighted by Gasteiger charge is -2.24. The van der Waals surface area contributed by atoms with Crippen molar-refractivity contribution < 1.29 is 26.4 Å². The van der Waals surface area contributed by atoms with Crippen LogP contribution < -0.4 is 4.90 Å². The number of alkyl halides is 3. The first-order valence-corrected chi connectivity index (χ1v) is 8.09. The number of carbonyl (C=O) groups is 1. The van der Waals surface area contributed by atoms with Gasteiger partial charge in [-0.25, -0.2) is 8.42 Å². The zero-order valence-electron chi connectivity index (χ0n) is 11.4. The average molecular weight is 323 g/mol. The van der Waals surface area contributed by atoms with Gasteiger partial charge in [0.25, 0.3) is 0 Å². The fraction of sp³-hybridized carbons (Fsp3) is 0.462. The molecule has 0 unspecified atom stereocenters. The SMILES string of the molecule is CCCS(=O)(=O)CC(=O)N(CC(F)(F)F)c1ccccc1. The lowest BCUT2D eigenvalue weighted by atomic mass is 10.3. The lowest BCUT2D eigenvalue weighted by molar-refractivity contribution is -0.131. The van der Waals surface area contributed by atoms with E-state index in [9.17, 15) is 26.4 Å². The summed E-state index contributed by atoms with van der Waals surface area (Å²) < 4.78 is 61.0. The van der Waals surface area contributed by atoms with Crippen LogP contribution in [-0.2, 0) is 14.6 Å². The summed E-state index contributed by atoms with van der Waals surface area (Å²) in [6.45, 7) is 0.101. The van der Waals surface area contributed by atoms with Gasteiger partial charge in [-0.1, -0.05) is 25.1 Å². The molecule has 0 spiro atoms. The van der Waals surface area contributed by atoms with Crippen LogP contribution in [0, 0.1) is 0 Å². The highest BCUT2D eigenvalue weighted by atomic mass is 32.2. The Morgan fingerprint density at radius 2 is 1.76 bits per heavy atom. The van der Waals surface area contributed by atoms with Crippen molar-refractivity contribution in [2.24, 2.45) is 0 Å². The third-order valence-electron chi connectivity index (χ3n) is 2.56. The van der Waals surface area contributed by atoms with Crippen LogP contribution in [0.25, 0.3) is 0 Å². The van der Waals surface area contributed by atoms with Gasteiger partial charge in [0.1, 0.15) is 12.3 Å². The Morgan fingerprint density at radius 1 is 1.19 bits per heavy atom.